The van der Waals surface area contributed by atoms with Crippen LogP contribution in [0.3, 0.4) is 0 Å². The fourth-order valence-electron chi connectivity index (χ4n) is 3.60. The summed E-state index contributed by atoms with van der Waals surface area (Å²) in [6, 6.07) is 22.2. The van der Waals surface area contributed by atoms with E-state index < -0.39 is 12.0 Å². The van der Waals surface area contributed by atoms with Crippen LogP contribution in [0.1, 0.15) is 40.8 Å². The summed E-state index contributed by atoms with van der Waals surface area (Å²) in [4.78, 5) is 12.9. The number of benzene rings is 3. The number of rotatable bonds is 10. The molecule has 0 radical (unpaired) electrons. The maximum atomic E-state index is 12.9. The van der Waals surface area contributed by atoms with Crippen LogP contribution in [0, 0.1) is 11.3 Å². The molecule has 0 aliphatic rings. The van der Waals surface area contributed by atoms with Crippen molar-refractivity contribution in [2.45, 2.75) is 32.4 Å². The topological polar surface area (TPSA) is 71.4 Å². The summed E-state index contributed by atoms with van der Waals surface area (Å²) < 4.78 is 11.5. The summed E-state index contributed by atoms with van der Waals surface area (Å²) in [5.74, 6) is 0.217. The molecule has 5 nitrogen and oxygen atoms in total. The molecule has 0 heterocycles. The van der Waals surface area contributed by atoms with Gasteiger partial charge in [-0.3, -0.25) is 0 Å². The molecule has 1 N–H and O–H groups in total. The van der Waals surface area contributed by atoms with E-state index in [0.29, 0.717) is 35.6 Å². The lowest BCUT2D eigenvalue weighted by molar-refractivity contribution is -0.141. The summed E-state index contributed by atoms with van der Waals surface area (Å²) in [5.41, 5.74) is 5.03. The number of hydrogen-bond acceptors (Lipinski definition) is 5. The van der Waals surface area contributed by atoms with Crippen molar-refractivity contribution < 1.29 is 14.3 Å². The predicted molar refractivity (Wildman–Crippen MR) is 130 cm³/mol. The van der Waals surface area contributed by atoms with E-state index >= 15 is 0 Å². The number of nitrogens with zero attached hydrogens (tertiary/aromatic N) is 1. The molecule has 168 valence electrons. The Kier molecular flexibility index (Phi) is 8.26. The van der Waals surface area contributed by atoms with Gasteiger partial charge in [0, 0.05) is 11.3 Å². The Morgan fingerprint density at radius 1 is 1.12 bits per heavy atom. The van der Waals surface area contributed by atoms with Crippen LogP contribution in [0.15, 0.2) is 79.4 Å². The molecule has 1 unspecified atom stereocenters. The number of esters is 1. The average Bonchev–Trinajstić information content (AvgIpc) is 2.86. The number of nitriles is 1. The SMILES string of the molecule is C=CCc1cc(CC)cc(C(Nc2ccc(C#N)cc2)C(=O)OC)c1OCc1ccccc1. The predicted octanol–water partition coefficient (Wildman–Crippen LogP) is 5.75. The zero-order valence-corrected chi connectivity index (χ0v) is 19.0. The highest BCUT2D eigenvalue weighted by Crippen LogP contribution is 2.35. The van der Waals surface area contributed by atoms with Gasteiger partial charge in [-0.1, -0.05) is 49.4 Å². The molecule has 0 aliphatic heterocycles. The highest BCUT2D eigenvalue weighted by Gasteiger charge is 2.27. The largest absolute Gasteiger partial charge is 0.488 e. The van der Waals surface area contributed by atoms with E-state index in [9.17, 15) is 4.79 Å². The van der Waals surface area contributed by atoms with E-state index in [1.807, 2.05) is 42.5 Å². The number of anilines is 1. The Balaban J connectivity index is 2.07. The molecular weight excluding hydrogens is 412 g/mol. The average molecular weight is 441 g/mol. The minimum atomic E-state index is -0.788. The number of ether oxygens (including phenoxy) is 2. The van der Waals surface area contributed by atoms with Crippen molar-refractivity contribution in [2.24, 2.45) is 0 Å². The number of carbonyl (C=O) groups excluding carboxylic acids is 1. The van der Waals surface area contributed by atoms with Gasteiger partial charge in [0.15, 0.2) is 6.04 Å². The molecule has 1 atom stereocenters. The third kappa shape index (κ3) is 6.02. The monoisotopic (exact) mass is 440 g/mol. The van der Waals surface area contributed by atoms with Gasteiger partial charge < -0.3 is 14.8 Å². The maximum Gasteiger partial charge on any atom is 0.333 e. The summed E-state index contributed by atoms with van der Waals surface area (Å²) >= 11 is 0. The first-order valence-corrected chi connectivity index (χ1v) is 10.9. The standard InChI is InChI=1S/C28H28N2O3/c1-4-9-23-16-20(5-2)17-25(27(23)33-19-22-10-7-6-8-11-22)26(28(31)32-3)30-24-14-12-21(18-29)13-15-24/h4,6-8,10-17,26,30H,1,5,9,19H2,2-3H3. The molecule has 3 aromatic rings. The molecule has 3 aromatic carbocycles. The van der Waals surface area contributed by atoms with Gasteiger partial charge in [0.05, 0.1) is 18.7 Å². The van der Waals surface area contributed by atoms with E-state index in [4.69, 9.17) is 14.7 Å². The van der Waals surface area contributed by atoms with Crippen molar-refractivity contribution in [2.75, 3.05) is 12.4 Å². The zero-order chi connectivity index (χ0) is 23.6. The van der Waals surface area contributed by atoms with Crippen molar-refractivity contribution in [3.8, 4) is 11.8 Å². The van der Waals surface area contributed by atoms with Crippen molar-refractivity contribution in [3.05, 3.63) is 107 Å². The second-order valence-corrected chi connectivity index (χ2v) is 7.58. The van der Waals surface area contributed by atoms with Crippen LogP contribution < -0.4 is 10.1 Å². The van der Waals surface area contributed by atoms with Crippen LogP contribution in [0.4, 0.5) is 5.69 Å². The van der Waals surface area contributed by atoms with Gasteiger partial charge in [0.25, 0.3) is 0 Å². The number of allylic oxidation sites excluding steroid dienone is 1. The van der Waals surface area contributed by atoms with E-state index in [1.54, 1.807) is 24.3 Å². The van der Waals surface area contributed by atoms with Crippen LogP contribution in [0.5, 0.6) is 5.75 Å². The lowest BCUT2D eigenvalue weighted by atomic mass is 9.95. The number of carbonyl (C=O) groups is 1. The number of methoxy groups -OCH3 is 1. The molecule has 5 heteroatoms. The Labute approximate surface area is 195 Å². The first kappa shape index (κ1) is 23.6. The molecule has 0 amide bonds. The number of aryl methyl sites for hydroxylation is 1. The van der Waals surface area contributed by atoms with E-state index in [1.165, 1.54) is 7.11 Å². The molecule has 33 heavy (non-hydrogen) atoms. The molecule has 0 bridgehead atoms. The lowest BCUT2D eigenvalue weighted by Crippen LogP contribution is -2.24. The molecule has 0 spiro atoms. The molecule has 0 saturated heterocycles. The summed E-state index contributed by atoms with van der Waals surface area (Å²) in [5, 5.41) is 12.3. The van der Waals surface area contributed by atoms with E-state index in [0.717, 1.165) is 23.1 Å². The lowest BCUT2D eigenvalue weighted by Gasteiger charge is -2.24. The maximum absolute atomic E-state index is 12.9. The Bertz CT molecular complexity index is 1130. The van der Waals surface area contributed by atoms with Crippen molar-refractivity contribution in [1.82, 2.24) is 0 Å². The molecule has 0 fully saturated rings. The van der Waals surface area contributed by atoms with Crippen LogP contribution in [-0.2, 0) is 29.0 Å². The van der Waals surface area contributed by atoms with Crippen LogP contribution >= 0.6 is 0 Å². The minimum absolute atomic E-state index is 0.369. The first-order chi connectivity index (χ1) is 16.1. The van der Waals surface area contributed by atoms with Gasteiger partial charge in [-0.15, -0.1) is 6.58 Å². The minimum Gasteiger partial charge on any atom is -0.488 e. The smallest absolute Gasteiger partial charge is 0.333 e. The highest BCUT2D eigenvalue weighted by atomic mass is 16.5. The molecular formula is C28H28N2O3. The second kappa shape index (κ2) is 11.5. The summed E-state index contributed by atoms with van der Waals surface area (Å²) in [6.07, 6.45) is 3.24. The Morgan fingerprint density at radius 3 is 2.45 bits per heavy atom. The quantitative estimate of drug-likeness (QED) is 0.321. The first-order valence-electron chi connectivity index (χ1n) is 10.9. The van der Waals surface area contributed by atoms with Crippen molar-refractivity contribution in [3.63, 3.8) is 0 Å². The fraction of sp³-hybridized carbons (Fsp3) is 0.214. The van der Waals surface area contributed by atoms with E-state index in [-0.39, 0.29) is 0 Å². The van der Waals surface area contributed by atoms with Crippen LogP contribution in [0.25, 0.3) is 0 Å². The van der Waals surface area contributed by atoms with Crippen LogP contribution in [-0.4, -0.2) is 13.1 Å². The van der Waals surface area contributed by atoms with Crippen LogP contribution in [0.2, 0.25) is 0 Å². The normalized spacial score (nSPS) is 11.2. The van der Waals surface area contributed by atoms with E-state index in [2.05, 4.69) is 31.0 Å². The molecule has 0 saturated carbocycles. The summed E-state index contributed by atoms with van der Waals surface area (Å²) in [6.45, 7) is 6.33. The number of nitrogens with one attached hydrogen (secondary N) is 1. The Hall–Kier alpha value is -4.04. The molecule has 0 aliphatic carbocycles. The van der Waals surface area contributed by atoms with Crippen molar-refractivity contribution >= 4 is 11.7 Å². The highest BCUT2D eigenvalue weighted by molar-refractivity contribution is 5.82. The number of hydrogen-bond donors (Lipinski definition) is 1. The van der Waals surface area contributed by atoms with Gasteiger partial charge in [-0.25, -0.2) is 4.79 Å². The third-order valence-corrected chi connectivity index (χ3v) is 5.33. The molecule has 0 aromatic heterocycles. The molecule has 3 rings (SSSR count). The third-order valence-electron chi connectivity index (χ3n) is 5.33. The van der Waals surface area contributed by atoms with Gasteiger partial charge in [-0.05, 0) is 59.9 Å². The Morgan fingerprint density at radius 2 is 1.85 bits per heavy atom. The van der Waals surface area contributed by atoms with Gasteiger partial charge >= 0.3 is 5.97 Å². The van der Waals surface area contributed by atoms with Gasteiger partial charge in [0.2, 0.25) is 0 Å². The van der Waals surface area contributed by atoms with Crippen molar-refractivity contribution in [1.29, 1.82) is 5.26 Å². The fourth-order valence-corrected chi connectivity index (χ4v) is 3.60. The van der Waals surface area contributed by atoms with Gasteiger partial charge in [-0.2, -0.15) is 5.26 Å². The second-order valence-electron chi connectivity index (χ2n) is 7.58. The zero-order valence-electron chi connectivity index (χ0n) is 19.0. The van der Waals surface area contributed by atoms with Gasteiger partial charge in [0.1, 0.15) is 12.4 Å². The summed E-state index contributed by atoms with van der Waals surface area (Å²) in [7, 11) is 1.37.